The maximum Gasteiger partial charge on any atom is 0.306 e. The van der Waals surface area contributed by atoms with Gasteiger partial charge in [-0.1, -0.05) is 11.8 Å². The van der Waals surface area contributed by atoms with Gasteiger partial charge in [0, 0.05) is 17.0 Å². The van der Waals surface area contributed by atoms with Gasteiger partial charge in [0.15, 0.2) is 0 Å². The third-order valence-corrected chi connectivity index (χ3v) is 4.63. The lowest BCUT2D eigenvalue weighted by atomic mass is 10.2. The summed E-state index contributed by atoms with van der Waals surface area (Å²) in [6, 6.07) is 1.76. The van der Waals surface area contributed by atoms with E-state index in [1.165, 1.54) is 11.3 Å². The number of carbonyl (C=O) groups is 1. The van der Waals surface area contributed by atoms with Gasteiger partial charge < -0.3 is 9.84 Å². The fourth-order valence-corrected chi connectivity index (χ4v) is 3.23. The predicted molar refractivity (Wildman–Crippen MR) is 80.2 cm³/mol. The molecule has 6 nitrogen and oxygen atoms in total. The van der Waals surface area contributed by atoms with E-state index in [0.29, 0.717) is 5.56 Å². The van der Waals surface area contributed by atoms with E-state index in [1.807, 2.05) is 0 Å². The molecule has 0 fully saturated rings. The molecule has 0 radical (unpaired) electrons. The summed E-state index contributed by atoms with van der Waals surface area (Å²) in [6.07, 6.45) is -0.176. The van der Waals surface area contributed by atoms with E-state index in [9.17, 15) is 13.2 Å². The summed E-state index contributed by atoms with van der Waals surface area (Å²) in [5, 5.41) is 10.5. The summed E-state index contributed by atoms with van der Waals surface area (Å²) in [7, 11) is -3.55. The van der Waals surface area contributed by atoms with Crippen molar-refractivity contribution in [2.75, 3.05) is 19.0 Å². The topological polar surface area (TPSA) is 92.7 Å². The molecule has 0 aliphatic carbocycles. The smallest absolute Gasteiger partial charge is 0.306 e. The molecule has 0 aromatic carbocycles. The molecule has 0 unspecified atom stereocenters. The zero-order valence-electron chi connectivity index (χ0n) is 11.6. The number of hydrogen-bond acceptors (Lipinski definition) is 6. The zero-order chi connectivity index (χ0) is 15.7. The van der Waals surface area contributed by atoms with Gasteiger partial charge in [-0.15, -0.1) is 11.3 Å². The molecule has 0 amide bonds. The van der Waals surface area contributed by atoms with Crippen molar-refractivity contribution in [3.05, 3.63) is 21.9 Å². The van der Waals surface area contributed by atoms with Crippen molar-refractivity contribution in [1.82, 2.24) is 4.72 Å². The molecule has 0 saturated carbocycles. The molecule has 0 atom stereocenters. The van der Waals surface area contributed by atoms with Crippen LogP contribution in [0.15, 0.2) is 11.4 Å². The van der Waals surface area contributed by atoms with Crippen LogP contribution in [0.5, 0.6) is 0 Å². The Morgan fingerprint density at radius 2 is 2.29 bits per heavy atom. The second-order valence-corrected chi connectivity index (χ2v) is 6.84. The first kappa shape index (κ1) is 17.7. The average Bonchev–Trinajstić information content (AvgIpc) is 2.89. The lowest BCUT2D eigenvalue weighted by molar-refractivity contribution is -0.142. The van der Waals surface area contributed by atoms with Crippen LogP contribution in [-0.2, 0) is 26.1 Å². The molecular weight excluding hydrogens is 314 g/mol. The second kappa shape index (κ2) is 8.79. The van der Waals surface area contributed by atoms with Crippen LogP contribution in [0.1, 0.15) is 23.8 Å². The monoisotopic (exact) mass is 331 g/mol. The molecule has 116 valence electrons. The van der Waals surface area contributed by atoms with E-state index in [2.05, 4.69) is 21.3 Å². The Hall–Kier alpha value is -1.40. The molecule has 0 aliphatic heterocycles. The van der Waals surface area contributed by atoms with Crippen LogP contribution < -0.4 is 4.72 Å². The highest BCUT2D eigenvalue weighted by atomic mass is 32.2. The lowest BCUT2D eigenvalue weighted by Crippen LogP contribution is -2.27. The number of esters is 1. The summed E-state index contributed by atoms with van der Waals surface area (Å²) in [5.74, 6) is 4.42. The van der Waals surface area contributed by atoms with E-state index in [-0.39, 0.29) is 31.9 Å². The van der Waals surface area contributed by atoms with Crippen molar-refractivity contribution in [2.24, 2.45) is 0 Å². The van der Waals surface area contributed by atoms with Crippen LogP contribution in [0.2, 0.25) is 0 Å². The minimum absolute atomic E-state index is 0.109. The first-order chi connectivity index (χ1) is 9.98. The Morgan fingerprint density at radius 1 is 1.52 bits per heavy atom. The number of rotatable bonds is 7. The van der Waals surface area contributed by atoms with Crippen LogP contribution in [0.4, 0.5) is 0 Å². The fraction of sp³-hybridized carbons (Fsp3) is 0.462. The number of hydrogen-bond donors (Lipinski definition) is 2. The maximum absolute atomic E-state index is 11.8. The quantitative estimate of drug-likeness (QED) is 0.559. The first-order valence-electron chi connectivity index (χ1n) is 6.27. The Kier molecular flexibility index (Phi) is 7.39. The molecule has 21 heavy (non-hydrogen) atoms. The van der Waals surface area contributed by atoms with Crippen LogP contribution in [0.3, 0.4) is 0 Å². The number of sulfonamides is 1. The van der Waals surface area contributed by atoms with Gasteiger partial charge in [0.2, 0.25) is 10.0 Å². The molecule has 0 bridgehead atoms. The van der Waals surface area contributed by atoms with Crippen LogP contribution in [0, 0.1) is 11.8 Å². The highest BCUT2D eigenvalue weighted by molar-refractivity contribution is 7.89. The maximum atomic E-state index is 11.8. The number of ether oxygens (including phenoxy) is 1. The van der Waals surface area contributed by atoms with E-state index in [4.69, 9.17) is 5.11 Å². The third-order valence-electron chi connectivity index (χ3n) is 2.38. The largest absolute Gasteiger partial charge is 0.466 e. The lowest BCUT2D eigenvalue weighted by Gasteiger charge is -2.06. The Balaban J connectivity index is 2.54. The molecule has 0 aliphatic rings. The summed E-state index contributed by atoms with van der Waals surface area (Å²) < 4.78 is 30.6. The van der Waals surface area contributed by atoms with Crippen LogP contribution >= 0.6 is 11.3 Å². The van der Waals surface area contributed by atoms with E-state index >= 15 is 0 Å². The number of aliphatic hydroxyl groups is 1. The van der Waals surface area contributed by atoms with Gasteiger partial charge in [0.1, 0.15) is 6.61 Å². The fourth-order valence-electron chi connectivity index (χ4n) is 1.42. The van der Waals surface area contributed by atoms with E-state index in [1.54, 1.807) is 18.4 Å². The second-order valence-electron chi connectivity index (χ2n) is 3.91. The SMILES string of the molecule is CCOC(=O)CCS(=O)(=O)NCc1sccc1C#CCO. The van der Waals surface area contributed by atoms with Crippen molar-refractivity contribution >= 4 is 27.3 Å². The standard InChI is InChI=1S/C13H17NO5S2/c1-2-19-13(16)6-9-21(17,18)14-10-12-11(4-3-7-15)5-8-20-12/h5,8,14-15H,2,6-7,9-10H2,1H3. The van der Waals surface area contributed by atoms with Crippen molar-refractivity contribution < 1.29 is 23.1 Å². The molecule has 0 saturated heterocycles. The van der Waals surface area contributed by atoms with Gasteiger partial charge >= 0.3 is 5.97 Å². The number of nitrogens with one attached hydrogen (secondary N) is 1. The molecule has 1 heterocycles. The Morgan fingerprint density at radius 3 is 2.95 bits per heavy atom. The zero-order valence-corrected chi connectivity index (χ0v) is 13.2. The van der Waals surface area contributed by atoms with Crippen molar-refractivity contribution in [1.29, 1.82) is 0 Å². The third kappa shape index (κ3) is 6.73. The molecule has 0 spiro atoms. The predicted octanol–water partition coefficient (Wildman–Crippen LogP) is 0.464. The summed E-state index contributed by atoms with van der Waals surface area (Å²) in [6.45, 7) is 1.75. The minimum atomic E-state index is -3.55. The van der Waals surface area contributed by atoms with Crippen LogP contribution in [0.25, 0.3) is 0 Å². The van der Waals surface area contributed by atoms with Gasteiger partial charge in [-0.3, -0.25) is 4.79 Å². The number of thiophene rings is 1. The van der Waals surface area contributed by atoms with Gasteiger partial charge in [-0.2, -0.15) is 0 Å². The highest BCUT2D eigenvalue weighted by Gasteiger charge is 2.14. The molecule has 1 aromatic heterocycles. The highest BCUT2D eigenvalue weighted by Crippen LogP contribution is 2.15. The van der Waals surface area contributed by atoms with Crippen molar-refractivity contribution in [2.45, 2.75) is 19.9 Å². The Bertz CT molecular complexity index is 624. The molecule has 1 rings (SSSR count). The molecule has 1 aromatic rings. The van der Waals surface area contributed by atoms with E-state index in [0.717, 1.165) is 4.88 Å². The van der Waals surface area contributed by atoms with Crippen molar-refractivity contribution in [3.8, 4) is 11.8 Å². The summed E-state index contributed by atoms with van der Waals surface area (Å²) >= 11 is 1.37. The van der Waals surface area contributed by atoms with Gasteiger partial charge in [0.05, 0.1) is 18.8 Å². The van der Waals surface area contributed by atoms with Crippen LogP contribution in [-0.4, -0.2) is 38.5 Å². The molecule has 8 heteroatoms. The van der Waals surface area contributed by atoms with Gasteiger partial charge in [0.25, 0.3) is 0 Å². The summed E-state index contributed by atoms with van der Waals surface area (Å²) in [4.78, 5) is 11.9. The minimum Gasteiger partial charge on any atom is -0.466 e. The van der Waals surface area contributed by atoms with Gasteiger partial charge in [-0.05, 0) is 18.4 Å². The summed E-state index contributed by atoms with van der Waals surface area (Å²) in [5.41, 5.74) is 0.683. The van der Waals surface area contributed by atoms with Gasteiger partial charge in [-0.25, -0.2) is 13.1 Å². The Labute approximate surface area is 128 Å². The molecular formula is C13H17NO5S2. The van der Waals surface area contributed by atoms with E-state index < -0.39 is 16.0 Å². The normalized spacial score (nSPS) is 10.8. The molecule has 2 N–H and O–H groups in total. The first-order valence-corrected chi connectivity index (χ1v) is 8.80. The number of aliphatic hydroxyl groups excluding tert-OH is 1. The van der Waals surface area contributed by atoms with Crippen molar-refractivity contribution in [3.63, 3.8) is 0 Å². The number of carbonyl (C=O) groups excluding carboxylic acids is 1. The average molecular weight is 331 g/mol.